The van der Waals surface area contributed by atoms with Crippen LogP contribution in [-0.2, 0) is 4.74 Å². The first-order chi connectivity index (χ1) is 7.08. The molecular weight excluding hydrogens is 196 g/mol. The SMILES string of the molecule is C=C1C[C@H](C)[C@H](n2ccc(=O)[nH]c2=O)O1. The number of aromatic nitrogens is 2. The van der Waals surface area contributed by atoms with Gasteiger partial charge in [0.05, 0.1) is 5.76 Å². The van der Waals surface area contributed by atoms with Crippen LogP contribution in [0.4, 0.5) is 0 Å². The fourth-order valence-electron chi connectivity index (χ4n) is 1.75. The molecule has 2 atom stereocenters. The number of nitrogens with zero attached hydrogens (tertiary/aromatic N) is 1. The first-order valence-corrected chi connectivity index (χ1v) is 4.74. The van der Waals surface area contributed by atoms with Crippen molar-refractivity contribution >= 4 is 0 Å². The van der Waals surface area contributed by atoms with Gasteiger partial charge in [-0.25, -0.2) is 4.79 Å². The Hall–Kier alpha value is -1.78. The van der Waals surface area contributed by atoms with Crippen molar-refractivity contribution in [3.05, 3.63) is 45.4 Å². The Morgan fingerprint density at radius 1 is 1.60 bits per heavy atom. The molecule has 0 bridgehead atoms. The van der Waals surface area contributed by atoms with Gasteiger partial charge < -0.3 is 4.74 Å². The van der Waals surface area contributed by atoms with Gasteiger partial charge in [-0.05, 0) is 0 Å². The highest BCUT2D eigenvalue weighted by molar-refractivity contribution is 4.96. The van der Waals surface area contributed by atoms with Crippen molar-refractivity contribution in [2.75, 3.05) is 0 Å². The van der Waals surface area contributed by atoms with Gasteiger partial charge >= 0.3 is 5.69 Å². The topological polar surface area (TPSA) is 64.1 Å². The van der Waals surface area contributed by atoms with E-state index in [0.29, 0.717) is 5.76 Å². The minimum absolute atomic E-state index is 0.182. The lowest BCUT2D eigenvalue weighted by molar-refractivity contribution is 0.0665. The third kappa shape index (κ3) is 1.72. The Kier molecular flexibility index (Phi) is 2.22. The summed E-state index contributed by atoms with van der Waals surface area (Å²) in [5.74, 6) is 0.853. The fraction of sp³-hybridized carbons (Fsp3) is 0.400. The number of H-pyrrole nitrogens is 1. The van der Waals surface area contributed by atoms with Gasteiger partial charge in [-0.1, -0.05) is 13.5 Å². The number of aromatic amines is 1. The summed E-state index contributed by atoms with van der Waals surface area (Å²) >= 11 is 0. The summed E-state index contributed by atoms with van der Waals surface area (Å²) in [6.45, 7) is 5.69. The molecule has 1 saturated heterocycles. The van der Waals surface area contributed by atoms with E-state index in [1.54, 1.807) is 0 Å². The summed E-state index contributed by atoms with van der Waals surface area (Å²) in [6, 6.07) is 1.30. The highest BCUT2D eigenvalue weighted by atomic mass is 16.5. The van der Waals surface area contributed by atoms with E-state index in [0.717, 1.165) is 6.42 Å². The Morgan fingerprint density at radius 2 is 2.33 bits per heavy atom. The van der Waals surface area contributed by atoms with Crippen molar-refractivity contribution in [2.24, 2.45) is 5.92 Å². The summed E-state index contributed by atoms with van der Waals surface area (Å²) in [6.07, 6.45) is 1.82. The molecule has 1 N–H and O–H groups in total. The van der Waals surface area contributed by atoms with E-state index in [2.05, 4.69) is 11.6 Å². The molecule has 0 spiro atoms. The summed E-state index contributed by atoms with van der Waals surface area (Å²) in [7, 11) is 0. The van der Waals surface area contributed by atoms with Crippen molar-refractivity contribution in [3.63, 3.8) is 0 Å². The second-order valence-corrected chi connectivity index (χ2v) is 3.75. The van der Waals surface area contributed by atoms with Crippen LogP contribution < -0.4 is 11.2 Å². The maximum absolute atomic E-state index is 11.5. The predicted molar refractivity (Wildman–Crippen MR) is 54.4 cm³/mol. The molecule has 0 saturated carbocycles. The maximum atomic E-state index is 11.5. The Labute approximate surface area is 86.0 Å². The molecule has 15 heavy (non-hydrogen) atoms. The molecule has 2 rings (SSSR count). The summed E-state index contributed by atoms with van der Waals surface area (Å²) in [5.41, 5.74) is -0.852. The number of nitrogens with one attached hydrogen (secondary N) is 1. The van der Waals surface area contributed by atoms with E-state index in [9.17, 15) is 9.59 Å². The minimum atomic E-state index is -0.450. The van der Waals surface area contributed by atoms with Crippen molar-refractivity contribution in [3.8, 4) is 0 Å². The fourth-order valence-corrected chi connectivity index (χ4v) is 1.75. The van der Waals surface area contributed by atoms with Gasteiger partial charge in [-0.15, -0.1) is 0 Å². The third-order valence-corrected chi connectivity index (χ3v) is 2.45. The zero-order chi connectivity index (χ0) is 11.0. The van der Waals surface area contributed by atoms with Gasteiger partial charge in [-0.3, -0.25) is 14.3 Å². The van der Waals surface area contributed by atoms with Gasteiger partial charge in [0.15, 0.2) is 6.23 Å². The van der Waals surface area contributed by atoms with Crippen molar-refractivity contribution in [1.29, 1.82) is 0 Å². The number of hydrogen-bond donors (Lipinski definition) is 1. The van der Waals surface area contributed by atoms with Gasteiger partial charge in [0.2, 0.25) is 0 Å². The van der Waals surface area contributed by atoms with Gasteiger partial charge in [-0.2, -0.15) is 0 Å². The van der Waals surface area contributed by atoms with E-state index < -0.39 is 11.2 Å². The molecular formula is C10H12N2O3. The summed E-state index contributed by atoms with van der Waals surface area (Å²) in [4.78, 5) is 24.5. The molecule has 1 aromatic heterocycles. The van der Waals surface area contributed by atoms with E-state index in [1.807, 2.05) is 6.92 Å². The minimum Gasteiger partial charge on any atom is -0.475 e. The zero-order valence-electron chi connectivity index (χ0n) is 8.40. The lowest BCUT2D eigenvalue weighted by Gasteiger charge is -2.16. The van der Waals surface area contributed by atoms with Crippen LogP contribution in [0.1, 0.15) is 19.6 Å². The number of hydrogen-bond acceptors (Lipinski definition) is 3. The Bertz CT molecular complexity index is 500. The van der Waals surface area contributed by atoms with Crippen LogP contribution in [0, 0.1) is 5.92 Å². The third-order valence-electron chi connectivity index (χ3n) is 2.45. The lowest BCUT2D eigenvalue weighted by atomic mass is 10.1. The quantitative estimate of drug-likeness (QED) is 0.735. The van der Waals surface area contributed by atoms with Crippen molar-refractivity contribution in [1.82, 2.24) is 9.55 Å². The van der Waals surface area contributed by atoms with Crippen LogP contribution in [0.15, 0.2) is 34.2 Å². The molecule has 1 fully saturated rings. The number of allylic oxidation sites excluding steroid dienone is 1. The van der Waals surface area contributed by atoms with E-state index in [1.165, 1.54) is 16.8 Å². The molecule has 2 heterocycles. The molecule has 1 aliphatic heterocycles. The maximum Gasteiger partial charge on any atom is 0.331 e. The van der Waals surface area contributed by atoms with Crippen molar-refractivity contribution < 1.29 is 4.74 Å². The monoisotopic (exact) mass is 208 g/mol. The first-order valence-electron chi connectivity index (χ1n) is 4.74. The molecule has 0 aliphatic carbocycles. The first kappa shape index (κ1) is 9.76. The molecule has 0 aromatic carbocycles. The van der Waals surface area contributed by atoms with Crippen LogP contribution in [0.3, 0.4) is 0 Å². The van der Waals surface area contributed by atoms with Crippen LogP contribution in [-0.4, -0.2) is 9.55 Å². The van der Waals surface area contributed by atoms with Crippen LogP contribution in [0.5, 0.6) is 0 Å². The normalized spacial score (nSPS) is 25.3. The predicted octanol–water partition coefficient (Wildman–Crippen LogP) is 0.605. The van der Waals surface area contributed by atoms with E-state index in [-0.39, 0.29) is 12.1 Å². The smallest absolute Gasteiger partial charge is 0.331 e. The highest BCUT2D eigenvalue weighted by Gasteiger charge is 2.29. The lowest BCUT2D eigenvalue weighted by Crippen LogP contribution is -2.32. The largest absolute Gasteiger partial charge is 0.475 e. The molecule has 5 heteroatoms. The van der Waals surface area contributed by atoms with Gasteiger partial charge in [0.25, 0.3) is 5.56 Å². The molecule has 80 valence electrons. The molecule has 1 aromatic rings. The molecule has 5 nitrogen and oxygen atoms in total. The highest BCUT2D eigenvalue weighted by Crippen LogP contribution is 2.34. The number of rotatable bonds is 1. The molecule has 0 unspecified atom stereocenters. The van der Waals surface area contributed by atoms with Crippen molar-refractivity contribution in [2.45, 2.75) is 19.6 Å². The van der Waals surface area contributed by atoms with Crippen LogP contribution in [0.2, 0.25) is 0 Å². The average molecular weight is 208 g/mol. The summed E-state index contributed by atoms with van der Waals surface area (Å²) in [5, 5.41) is 0. The Morgan fingerprint density at radius 3 is 2.87 bits per heavy atom. The van der Waals surface area contributed by atoms with Crippen LogP contribution in [0.25, 0.3) is 0 Å². The molecule has 1 aliphatic rings. The van der Waals surface area contributed by atoms with E-state index in [4.69, 9.17) is 4.74 Å². The average Bonchev–Trinajstić information content (AvgIpc) is 2.45. The van der Waals surface area contributed by atoms with E-state index >= 15 is 0 Å². The second-order valence-electron chi connectivity index (χ2n) is 3.75. The van der Waals surface area contributed by atoms with Gasteiger partial charge in [0, 0.05) is 24.6 Å². The second kappa shape index (κ2) is 3.42. The summed E-state index contributed by atoms with van der Waals surface area (Å²) < 4.78 is 6.81. The Balaban J connectivity index is 2.42. The van der Waals surface area contributed by atoms with Crippen LogP contribution >= 0.6 is 0 Å². The molecule has 0 radical (unpaired) electrons. The van der Waals surface area contributed by atoms with Gasteiger partial charge in [0.1, 0.15) is 0 Å². The standard InChI is InChI=1S/C10H12N2O3/c1-6-5-7(2)15-9(6)12-4-3-8(13)11-10(12)14/h3-4,6,9H,2,5H2,1H3,(H,11,13,14)/t6-,9+/m0/s1. The molecule has 0 amide bonds. The number of ether oxygens (including phenoxy) is 1. The zero-order valence-corrected chi connectivity index (χ0v) is 8.40.